The maximum atomic E-state index is 12.5. The van der Waals surface area contributed by atoms with Gasteiger partial charge in [-0.25, -0.2) is 0 Å². The molecular weight excluding hydrogens is 317 g/mol. The van der Waals surface area contributed by atoms with Crippen LogP contribution in [-0.2, 0) is 0 Å². The second kappa shape index (κ2) is 6.28. The second-order valence-corrected chi connectivity index (χ2v) is 5.30. The largest absolute Gasteiger partial charge is 0.292 e. The van der Waals surface area contributed by atoms with Gasteiger partial charge in [-0.2, -0.15) is 5.26 Å². The lowest BCUT2D eigenvalue weighted by Crippen LogP contribution is -2.12. The molecule has 0 saturated heterocycles. The Kier molecular flexibility index (Phi) is 4.67. The van der Waals surface area contributed by atoms with Gasteiger partial charge in [0.05, 0.1) is 16.1 Å². The number of hydrogen-bond acceptors (Lipinski definition) is 2. The van der Waals surface area contributed by atoms with E-state index in [1.807, 2.05) is 6.07 Å². The molecule has 2 rings (SSSR count). The average Bonchev–Trinajstić information content (AvgIpc) is 2.42. The molecule has 0 bridgehead atoms. The van der Waals surface area contributed by atoms with Gasteiger partial charge in [0.2, 0.25) is 0 Å². The summed E-state index contributed by atoms with van der Waals surface area (Å²) in [5, 5.41) is 10.2. The normalized spacial score (nSPS) is 11.7. The molecule has 0 saturated carbocycles. The third kappa shape index (κ3) is 2.96. The number of Topliss-reactive ketones (excluding diaryl/α,β-unsaturated/α-hetero) is 1. The van der Waals surface area contributed by atoms with Crippen molar-refractivity contribution in [2.24, 2.45) is 0 Å². The van der Waals surface area contributed by atoms with Gasteiger partial charge >= 0.3 is 0 Å². The molecule has 2 aromatic carbocycles. The van der Waals surface area contributed by atoms with Gasteiger partial charge in [-0.1, -0.05) is 53.0 Å². The summed E-state index contributed by atoms with van der Waals surface area (Å²) in [6, 6.07) is 13.4. The summed E-state index contributed by atoms with van der Waals surface area (Å²) in [6.45, 7) is 0. The molecule has 0 N–H and O–H groups in total. The fourth-order valence-electron chi connectivity index (χ4n) is 1.82. The fourth-order valence-corrected chi connectivity index (χ4v) is 2.41. The van der Waals surface area contributed by atoms with Gasteiger partial charge in [0, 0.05) is 10.6 Å². The molecule has 0 aliphatic heterocycles. The number of rotatable bonds is 3. The molecule has 0 fully saturated rings. The summed E-state index contributed by atoms with van der Waals surface area (Å²) in [5.74, 6) is -1.37. The number of carbonyl (C=O) groups excluding carboxylic acids is 1. The Morgan fingerprint density at radius 2 is 1.80 bits per heavy atom. The van der Waals surface area contributed by atoms with Gasteiger partial charge in [-0.3, -0.25) is 4.79 Å². The van der Waals surface area contributed by atoms with E-state index < -0.39 is 11.7 Å². The van der Waals surface area contributed by atoms with Crippen LogP contribution >= 0.6 is 34.8 Å². The highest BCUT2D eigenvalue weighted by Crippen LogP contribution is 2.30. The van der Waals surface area contributed by atoms with E-state index in [-0.39, 0.29) is 15.6 Å². The topological polar surface area (TPSA) is 40.9 Å². The minimum Gasteiger partial charge on any atom is -0.292 e. The molecular formula is C15H8Cl3NO. The highest BCUT2D eigenvalue weighted by atomic mass is 35.5. The quantitative estimate of drug-likeness (QED) is 0.734. The van der Waals surface area contributed by atoms with Crippen molar-refractivity contribution in [2.45, 2.75) is 5.92 Å². The standard InChI is InChI=1S/C15H8Cl3NO/c16-10-4-1-3-9(7-10)12(8-19)15(20)11-5-2-6-13(17)14(11)18/h1-7,12H. The zero-order valence-electron chi connectivity index (χ0n) is 10.1. The first-order valence-electron chi connectivity index (χ1n) is 5.68. The van der Waals surface area contributed by atoms with E-state index in [2.05, 4.69) is 0 Å². The summed E-state index contributed by atoms with van der Waals surface area (Å²) in [5.41, 5.74) is 0.756. The molecule has 2 nitrogen and oxygen atoms in total. The molecule has 100 valence electrons. The Hall–Kier alpha value is -1.53. The van der Waals surface area contributed by atoms with Crippen LogP contribution in [0.3, 0.4) is 0 Å². The Morgan fingerprint density at radius 3 is 2.45 bits per heavy atom. The zero-order chi connectivity index (χ0) is 14.7. The summed E-state index contributed by atoms with van der Waals surface area (Å²) in [6.07, 6.45) is 0. The van der Waals surface area contributed by atoms with E-state index in [9.17, 15) is 10.1 Å². The van der Waals surface area contributed by atoms with Crippen LogP contribution in [0.25, 0.3) is 0 Å². The van der Waals surface area contributed by atoms with Crippen molar-refractivity contribution < 1.29 is 4.79 Å². The summed E-state index contributed by atoms with van der Waals surface area (Å²) in [4.78, 5) is 12.5. The SMILES string of the molecule is N#CC(C(=O)c1cccc(Cl)c1Cl)c1cccc(Cl)c1. The molecule has 0 aromatic heterocycles. The third-order valence-electron chi connectivity index (χ3n) is 2.79. The van der Waals surface area contributed by atoms with E-state index >= 15 is 0 Å². The van der Waals surface area contributed by atoms with Crippen LogP contribution in [0.5, 0.6) is 0 Å². The Balaban J connectivity index is 2.45. The molecule has 2 aromatic rings. The molecule has 1 unspecified atom stereocenters. The summed E-state index contributed by atoms with van der Waals surface area (Å²) in [7, 11) is 0. The monoisotopic (exact) mass is 323 g/mol. The van der Waals surface area contributed by atoms with Crippen molar-refractivity contribution in [3.8, 4) is 6.07 Å². The molecule has 0 aliphatic rings. The van der Waals surface area contributed by atoms with Gasteiger partial charge in [-0.05, 0) is 29.8 Å². The number of ketones is 1. The number of benzene rings is 2. The van der Waals surface area contributed by atoms with Crippen LogP contribution in [-0.4, -0.2) is 5.78 Å². The zero-order valence-corrected chi connectivity index (χ0v) is 12.4. The molecule has 0 radical (unpaired) electrons. The molecule has 20 heavy (non-hydrogen) atoms. The highest BCUT2D eigenvalue weighted by Gasteiger charge is 2.24. The van der Waals surface area contributed by atoms with E-state index in [0.29, 0.717) is 10.6 Å². The first-order chi connectivity index (χ1) is 9.54. The maximum Gasteiger partial charge on any atom is 0.186 e. The van der Waals surface area contributed by atoms with E-state index in [1.54, 1.807) is 42.5 Å². The van der Waals surface area contributed by atoms with Crippen molar-refractivity contribution in [3.63, 3.8) is 0 Å². The predicted molar refractivity (Wildman–Crippen MR) is 80.6 cm³/mol. The van der Waals surface area contributed by atoms with Crippen molar-refractivity contribution >= 4 is 40.6 Å². The predicted octanol–water partition coefficient (Wildman–Crippen LogP) is 5.14. The van der Waals surface area contributed by atoms with Crippen molar-refractivity contribution in [2.75, 3.05) is 0 Å². The lowest BCUT2D eigenvalue weighted by molar-refractivity contribution is 0.0979. The lowest BCUT2D eigenvalue weighted by atomic mass is 9.92. The average molecular weight is 325 g/mol. The Bertz CT molecular complexity index is 707. The van der Waals surface area contributed by atoms with E-state index in [0.717, 1.165) is 0 Å². The molecule has 0 aliphatic carbocycles. The second-order valence-electron chi connectivity index (χ2n) is 4.08. The number of halogens is 3. The first kappa shape index (κ1) is 14.9. The Morgan fingerprint density at radius 1 is 1.10 bits per heavy atom. The van der Waals surface area contributed by atoms with Crippen LogP contribution in [0.2, 0.25) is 15.1 Å². The van der Waals surface area contributed by atoms with E-state index in [4.69, 9.17) is 34.8 Å². The van der Waals surface area contributed by atoms with Crippen LogP contribution in [0, 0.1) is 11.3 Å². The fraction of sp³-hybridized carbons (Fsp3) is 0.0667. The third-order valence-corrected chi connectivity index (χ3v) is 3.84. The molecule has 1 atom stereocenters. The van der Waals surface area contributed by atoms with Gasteiger partial charge < -0.3 is 0 Å². The molecule has 0 spiro atoms. The van der Waals surface area contributed by atoms with Crippen LogP contribution in [0.4, 0.5) is 0 Å². The number of nitriles is 1. The smallest absolute Gasteiger partial charge is 0.186 e. The van der Waals surface area contributed by atoms with Crippen LogP contribution in [0.1, 0.15) is 21.8 Å². The number of hydrogen-bond donors (Lipinski definition) is 0. The van der Waals surface area contributed by atoms with Crippen molar-refractivity contribution in [1.82, 2.24) is 0 Å². The van der Waals surface area contributed by atoms with Gasteiger partial charge in [0.15, 0.2) is 5.78 Å². The Labute approximate surface area is 131 Å². The summed E-state index contributed by atoms with van der Waals surface area (Å²) < 4.78 is 0. The minimum absolute atomic E-state index is 0.154. The van der Waals surface area contributed by atoms with Crippen molar-refractivity contribution in [3.05, 3.63) is 68.7 Å². The van der Waals surface area contributed by atoms with Gasteiger partial charge in [-0.15, -0.1) is 0 Å². The van der Waals surface area contributed by atoms with Crippen LogP contribution < -0.4 is 0 Å². The number of nitrogens with zero attached hydrogens (tertiary/aromatic N) is 1. The van der Waals surface area contributed by atoms with E-state index in [1.165, 1.54) is 0 Å². The van der Waals surface area contributed by atoms with Crippen molar-refractivity contribution in [1.29, 1.82) is 5.26 Å². The first-order valence-corrected chi connectivity index (χ1v) is 6.81. The molecule has 5 heteroatoms. The van der Waals surface area contributed by atoms with Gasteiger partial charge in [0.1, 0.15) is 5.92 Å². The summed E-state index contributed by atoms with van der Waals surface area (Å²) >= 11 is 17.8. The van der Waals surface area contributed by atoms with Crippen LogP contribution in [0.15, 0.2) is 42.5 Å². The minimum atomic E-state index is -0.968. The molecule has 0 amide bonds. The highest BCUT2D eigenvalue weighted by molar-refractivity contribution is 6.44. The maximum absolute atomic E-state index is 12.5. The van der Waals surface area contributed by atoms with Gasteiger partial charge in [0.25, 0.3) is 0 Å². The number of carbonyl (C=O) groups is 1. The lowest BCUT2D eigenvalue weighted by Gasteiger charge is -2.11. The molecule has 0 heterocycles.